The highest BCUT2D eigenvalue weighted by Crippen LogP contribution is 2.50. The molecule has 1 heterocycles. The maximum absolute atomic E-state index is 14.2. The Labute approximate surface area is 139 Å². The fraction of sp³-hybridized carbons (Fsp3) is 0.474. The third-order valence-corrected chi connectivity index (χ3v) is 4.82. The Balaban J connectivity index is 1.86. The van der Waals surface area contributed by atoms with Gasteiger partial charge in [0.25, 0.3) is 0 Å². The molecule has 0 N–H and O–H groups in total. The van der Waals surface area contributed by atoms with E-state index >= 15 is 0 Å². The lowest BCUT2D eigenvalue weighted by Crippen LogP contribution is -2.43. The van der Waals surface area contributed by atoms with E-state index in [1.807, 2.05) is 0 Å². The van der Waals surface area contributed by atoms with Crippen molar-refractivity contribution < 1.29 is 22.3 Å². The Morgan fingerprint density at radius 2 is 1.62 bits per heavy atom. The predicted molar refractivity (Wildman–Crippen MR) is 85.2 cm³/mol. The summed E-state index contributed by atoms with van der Waals surface area (Å²) in [5.41, 5.74) is -0.277. The smallest absolute Gasteiger partial charge is 0.339 e. The minimum absolute atomic E-state index is 0.0559. The summed E-state index contributed by atoms with van der Waals surface area (Å²) in [6.45, 7) is 3.81. The molecule has 1 aliphatic carbocycles. The maximum Gasteiger partial charge on any atom is 0.339 e. The summed E-state index contributed by atoms with van der Waals surface area (Å²) in [5.74, 6) is -7.87. The molecule has 0 saturated carbocycles. The number of ether oxygens (including phenoxy) is 1. The van der Waals surface area contributed by atoms with Gasteiger partial charge in [0.05, 0.1) is 6.10 Å². The van der Waals surface area contributed by atoms with Crippen LogP contribution in [0, 0.1) is 5.92 Å². The lowest BCUT2D eigenvalue weighted by molar-refractivity contribution is -0.148. The van der Waals surface area contributed by atoms with Gasteiger partial charge in [-0.1, -0.05) is 43.3 Å². The zero-order valence-corrected chi connectivity index (χ0v) is 13.7. The summed E-state index contributed by atoms with van der Waals surface area (Å²) in [7, 11) is 0. The molecule has 1 aromatic rings. The van der Waals surface area contributed by atoms with Crippen LogP contribution in [0.15, 0.2) is 42.0 Å². The molecule has 1 nitrogen and oxygen atoms in total. The van der Waals surface area contributed by atoms with E-state index < -0.39 is 23.0 Å². The Hall–Kier alpha value is -1.62. The largest absolute Gasteiger partial charge is 0.373 e. The van der Waals surface area contributed by atoms with Crippen LogP contribution in [0.2, 0.25) is 0 Å². The number of rotatable bonds is 2. The highest BCUT2D eigenvalue weighted by Gasteiger charge is 2.60. The first-order chi connectivity index (χ1) is 11.2. The quantitative estimate of drug-likeness (QED) is 0.619. The summed E-state index contributed by atoms with van der Waals surface area (Å²) in [4.78, 5) is 0. The van der Waals surface area contributed by atoms with E-state index in [-0.39, 0.29) is 11.7 Å². The zero-order valence-electron chi connectivity index (χ0n) is 13.7. The second kappa shape index (κ2) is 6.03. The van der Waals surface area contributed by atoms with E-state index in [2.05, 4.69) is 6.92 Å². The van der Waals surface area contributed by atoms with Gasteiger partial charge in [-0.2, -0.15) is 17.6 Å². The van der Waals surface area contributed by atoms with Crippen molar-refractivity contribution in [2.45, 2.75) is 44.6 Å². The average molecular weight is 340 g/mol. The van der Waals surface area contributed by atoms with Crippen LogP contribution >= 0.6 is 0 Å². The molecule has 0 amide bonds. The van der Waals surface area contributed by atoms with Crippen molar-refractivity contribution >= 4 is 5.57 Å². The molecule has 1 saturated heterocycles. The number of benzene rings is 1. The van der Waals surface area contributed by atoms with Crippen molar-refractivity contribution in [3.63, 3.8) is 0 Å². The van der Waals surface area contributed by atoms with Gasteiger partial charge in [-0.15, -0.1) is 0 Å². The van der Waals surface area contributed by atoms with Crippen LogP contribution in [-0.2, 0) is 4.74 Å². The lowest BCUT2D eigenvalue weighted by Gasteiger charge is -2.32. The molecule has 2 atom stereocenters. The Morgan fingerprint density at radius 1 is 0.958 bits per heavy atom. The van der Waals surface area contributed by atoms with Gasteiger partial charge in [0, 0.05) is 17.8 Å². The first-order valence-corrected chi connectivity index (χ1v) is 8.10. The molecule has 0 radical (unpaired) electrons. The monoisotopic (exact) mass is 340 g/mol. The van der Waals surface area contributed by atoms with E-state index in [9.17, 15) is 17.6 Å². The fourth-order valence-corrected chi connectivity index (χ4v) is 3.14. The van der Waals surface area contributed by atoms with E-state index in [1.54, 1.807) is 12.1 Å². The molecule has 2 aliphatic rings. The molecule has 3 rings (SSSR count). The summed E-state index contributed by atoms with van der Waals surface area (Å²) >= 11 is 0. The van der Waals surface area contributed by atoms with Crippen LogP contribution in [0.5, 0.6) is 0 Å². The van der Waals surface area contributed by atoms with Crippen molar-refractivity contribution in [2.24, 2.45) is 5.92 Å². The van der Waals surface area contributed by atoms with Gasteiger partial charge in [0.1, 0.15) is 0 Å². The van der Waals surface area contributed by atoms with Crippen LogP contribution < -0.4 is 0 Å². The highest BCUT2D eigenvalue weighted by atomic mass is 19.3. The van der Waals surface area contributed by atoms with Crippen LogP contribution in [0.1, 0.15) is 43.9 Å². The van der Waals surface area contributed by atoms with Crippen LogP contribution in [-0.4, -0.2) is 18.5 Å². The normalized spacial score (nSPS) is 28.9. The molecule has 1 aliphatic heterocycles. The SMILES string of the molecule is CC1=CC=C(c2ccc(C3CCC(C)CO3)cc2)C(F)(F)C1(F)F. The Kier molecular flexibility index (Phi) is 4.32. The standard InChI is InChI=1S/C19H20F4O/c1-12-3-10-17(24-11-12)15-7-5-14(6-8-15)16-9-4-13(2)18(20,21)19(16,22)23/h4-9,12,17H,3,10-11H2,1-2H3. The first-order valence-electron chi connectivity index (χ1n) is 8.10. The molecule has 24 heavy (non-hydrogen) atoms. The summed E-state index contributed by atoms with van der Waals surface area (Å²) in [6, 6.07) is 6.33. The third kappa shape index (κ3) is 2.79. The van der Waals surface area contributed by atoms with Crippen molar-refractivity contribution in [1.29, 1.82) is 0 Å². The van der Waals surface area contributed by atoms with Gasteiger partial charge >= 0.3 is 11.8 Å². The zero-order chi connectivity index (χ0) is 17.5. The van der Waals surface area contributed by atoms with E-state index in [0.717, 1.165) is 37.5 Å². The third-order valence-electron chi connectivity index (χ3n) is 4.82. The van der Waals surface area contributed by atoms with Gasteiger partial charge in [-0.25, -0.2) is 0 Å². The topological polar surface area (TPSA) is 9.23 Å². The van der Waals surface area contributed by atoms with E-state index in [1.165, 1.54) is 12.1 Å². The van der Waals surface area contributed by atoms with Gasteiger partial charge in [-0.3, -0.25) is 0 Å². The van der Waals surface area contributed by atoms with Crippen molar-refractivity contribution in [1.82, 2.24) is 0 Å². The summed E-state index contributed by atoms with van der Waals surface area (Å²) in [5, 5.41) is 0. The average Bonchev–Trinajstić information content (AvgIpc) is 2.54. The molecule has 1 aromatic carbocycles. The molecule has 0 aromatic heterocycles. The van der Waals surface area contributed by atoms with Crippen molar-refractivity contribution in [2.75, 3.05) is 6.61 Å². The van der Waals surface area contributed by atoms with Crippen LogP contribution in [0.3, 0.4) is 0 Å². The maximum atomic E-state index is 14.2. The minimum Gasteiger partial charge on any atom is -0.373 e. The lowest BCUT2D eigenvalue weighted by atomic mass is 9.86. The van der Waals surface area contributed by atoms with Gasteiger partial charge in [-0.05, 0) is 36.8 Å². The molecule has 0 spiro atoms. The Bertz CT molecular complexity index is 665. The predicted octanol–water partition coefficient (Wildman–Crippen LogP) is 5.79. The van der Waals surface area contributed by atoms with Crippen LogP contribution in [0.25, 0.3) is 5.57 Å². The molecular formula is C19H20F4O. The van der Waals surface area contributed by atoms with E-state index in [0.29, 0.717) is 12.5 Å². The summed E-state index contributed by atoms with van der Waals surface area (Å²) in [6.07, 6.45) is 4.01. The molecular weight excluding hydrogens is 320 g/mol. The number of hydrogen-bond acceptors (Lipinski definition) is 1. The van der Waals surface area contributed by atoms with Crippen molar-refractivity contribution in [3.8, 4) is 0 Å². The van der Waals surface area contributed by atoms with Crippen molar-refractivity contribution in [3.05, 3.63) is 53.1 Å². The highest BCUT2D eigenvalue weighted by molar-refractivity contribution is 5.76. The molecule has 1 fully saturated rings. The van der Waals surface area contributed by atoms with Gasteiger partial charge in [0.2, 0.25) is 0 Å². The molecule has 0 bridgehead atoms. The molecule has 130 valence electrons. The van der Waals surface area contributed by atoms with Gasteiger partial charge < -0.3 is 4.74 Å². The number of alkyl halides is 4. The fourth-order valence-electron chi connectivity index (χ4n) is 3.14. The number of hydrogen-bond donors (Lipinski definition) is 0. The van der Waals surface area contributed by atoms with E-state index in [4.69, 9.17) is 4.74 Å². The summed E-state index contributed by atoms with van der Waals surface area (Å²) < 4.78 is 61.8. The number of allylic oxidation sites excluding steroid dienone is 4. The number of halogens is 4. The second-order valence-corrected chi connectivity index (χ2v) is 6.71. The van der Waals surface area contributed by atoms with Crippen LogP contribution in [0.4, 0.5) is 17.6 Å². The molecule has 5 heteroatoms. The van der Waals surface area contributed by atoms with Gasteiger partial charge in [0.15, 0.2) is 0 Å². The first kappa shape index (κ1) is 17.2. The minimum atomic E-state index is -4.22. The molecule has 2 unspecified atom stereocenters. The second-order valence-electron chi connectivity index (χ2n) is 6.71. The Morgan fingerprint density at radius 3 is 2.21 bits per heavy atom.